The van der Waals surface area contributed by atoms with Gasteiger partial charge in [0.1, 0.15) is 11.2 Å². The van der Waals surface area contributed by atoms with E-state index in [-0.39, 0.29) is 22.2 Å². The molecule has 4 N–H and O–H groups in total. The highest BCUT2D eigenvalue weighted by Crippen LogP contribution is 2.22. The number of carboxylic acids is 1. The molecule has 0 aliphatic rings. The van der Waals surface area contributed by atoms with E-state index in [0.717, 1.165) is 18.2 Å². The van der Waals surface area contributed by atoms with Crippen molar-refractivity contribution in [2.45, 2.75) is 11.8 Å². The van der Waals surface area contributed by atoms with Crippen LogP contribution < -0.4 is 10.5 Å². The number of aryl methyl sites for hydroxylation is 1. The molecular weight excluding hydrogens is 286 g/mol. The minimum Gasteiger partial charge on any atom is -0.478 e. The van der Waals surface area contributed by atoms with Crippen molar-refractivity contribution in [2.75, 3.05) is 10.5 Å². The molecule has 0 bridgehead atoms. The average molecular weight is 297 g/mol. The molecule has 0 saturated carbocycles. The number of sulfonamides is 1. The quantitative estimate of drug-likeness (QED) is 0.718. The van der Waals surface area contributed by atoms with E-state index in [2.05, 4.69) is 9.71 Å². The largest absolute Gasteiger partial charge is 0.478 e. The van der Waals surface area contributed by atoms with Crippen molar-refractivity contribution in [1.82, 2.24) is 4.98 Å². The van der Waals surface area contributed by atoms with Gasteiger partial charge in [-0.1, -0.05) is 0 Å². The number of anilines is 2. The van der Waals surface area contributed by atoms with Crippen molar-refractivity contribution in [3.05, 3.63) is 35.7 Å². The Morgan fingerprint density at radius 3 is 2.65 bits per heavy atom. The number of nitrogens with two attached hydrogens (primary N) is 1. The van der Waals surface area contributed by atoms with Crippen LogP contribution in [0.25, 0.3) is 0 Å². The van der Waals surface area contributed by atoms with E-state index in [1.165, 1.54) is 6.26 Å². The van der Waals surface area contributed by atoms with Crippen LogP contribution in [0.15, 0.2) is 33.8 Å². The average Bonchev–Trinajstić information content (AvgIpc) is 2.73. The first-order valence-electron chi connectivity index (χ1n) is 5.37. The van der Waals surface area contributed by atoms with Crippen LogP contribution >= 0.6 is 0 Å². The summed E-state index contributed by atoms with van der Waals surface area (Å²) >= 11 is 0. The maximum absolute atomic E-state index is 12.1. The second-order valence-electron chi connectivity index (χ2n) is 3.96. The van der Waals surface area contributed by atoms with Crippen LogP contribution in [0.1, 0.15) is 16.1 Å². The zero-order valence-corrected chi connectivity index (χ0v) is 11.1. The SMILES string of the molecule is Cc1coc(NS(=O)(=O)c2ccc(C(=O)O)cc2N)n1. The van der Waals surface area contributed by atoms with Crippen molar-refractivity contribution in [1.29, 1.82) is 0 Å². The lowest BCUT2D eigenvalue weighted by atomic mass is 10.2. The summed E-state index contributed by atoms with van der Waals surface area (Å²) in [7, 11) is -4.00. The summed E-state index contributed by atoms with van der Waals surface area (Å²) in [4.78, 5) is 14.3. The third-order valence-electron chi connectivity index (χ3n) is 2.39. The van der Waals surface area contributed by atoms with Crippen LogP contribution in [0.4, 0.5) is 11.7 Å². The minimum absolute atomic E-state index is 0.103. The van der Waals surface area contributed by atoms with Gasteiger partial charge in [0, 0.05) is 0 Å². The summed E-state index contributed by atoms with van der Waals surface area (Å²) in [5.74, 6) is -1.20. The van der Waals surface area contributed by atoms with Crippen LogP contribution in [0, 0.1) is 6.92 Å². The molecule has 1 aromatic heterocycles. The molecule has 0 unspecified atom stereocenters. The molecule has 1 aromatic carbocycles. The molecule has 0 aliphatic carbocycles. The van der Waals surface area contributed by atoms with Crippen molar-refractivity contribution >= 4 is 27.7 Å². The van der Waals surface area contributed by atoms with Gasteiger partial charge in [0.05, 0.1) is 16.9 Å². The Morgan fingerprint density at radius 2 is 2.15 bits per heavy atom. The molecule has 0 spiro atoms. The monoisotopic (exact) mass is 297 g/mol. The van der Waals surface area contributed by atoms with E-state index in [1.807, 2.05) is 0 Å². The van der Waals surface area contributed by atoms with E-state index in [4.69, 9.17) is 15.3 Å². The van der Waals surface area contributed by atoms with Gasteiger partial charge >= 0.3 is 12.0 Å². The van der Waals surface area contributed by atoms with Crippen molar-refractivity contribution in [3.8, 4) is 0 Å². The number of aromatic carboxylic acids is 1. The Balaban J connectivity index is 2.37. The lowest BCUT2D eigenvalue weighted by Crippen LogP contribution is -2.15. The second kappa shape index (κ2) is 4.85. The topological polar surface area (TPSA) is 136 Å². The number of nitrogens with zero attached hydrogens (tertiary/aromatic N) is 1. The minimum atomic E-state index is -4.00. The first-order chi connectivity index (χ1) is 9.29. The molecule has 0 fully saturated rings. The van der Waals surface area contributed by atoms with Crippen molar-refractivity contribution < 1.29 is 22.7 Å². The summed E-state index contributed by atoms with van der Waals surface area (Å²) < 4.78 is 31.1. The van der Waals surface area contributed by atoms with Gasteiger partial charge in [-0.2, -0.15) is 4.98 Å². The summed E-state index contributed by atoms with van der Waals surface area (Å²) in [6.07, 6.45) is 1.29. The van der Waals surface area contributed by atoms with E-state index in [1.54, 1.807) is 6.92 Å². The smallest absolute Gasteiger partial charge is 0.335 e. The van der Waals surface area contributed by atoms with Gasteiger partial charge in [0.25, 0.3) is 10.0 Å². The number of oxazole rings is 1. The lowest BCUT2D eigenvalue weighted by Gasteiger charge is -2.08. The summed E-state index contributed by atoms with van der Waals surface area (Å²) in [5.41, 5.74) is 5.80. The fourth-order valence-electron chi connectivity index (χ4n) is 1.50. The molecule has 20 heavy (non-hydrogen) atoms. The molecule has 0 aliphatic heterocycles. The van der Waals surface area contributed by atoms with E-state index in [0.29, 0.717) is 5.69 Å². The molecule has 8 nitrogen and oxygen atoms in total. The number of nitrogen functional groups attached to an aromatic ring is 1. The Morgan fingerprint density at radius 1 is 1.45 bits per heavy atom. The number of benzene rings is 1. The standard InChI is InChI=1S/C11H11N3O5S/c1-6-5-19-11(13-6)14-20(17,18)9-3-2-7(10(15)16)4-8(9)12/h2-5H,12H2,1H3,(H,13,14)(H,15,16). The van der Waals surface area contributed by atoms with Gasteiger partial charge in [-0.3, -0.25) is 0 Å². The zero-order valence-electron chi connectivity index (χ0n) is 10.3. The maximum Gasteiger partial charge on any atom is 0.335 e. The highest BCUT2D eigenvalue weighted by Gasteiger charge is 2.20. The molecular formula is C11H11N3O5S. The van der Waals surface area contributed by atoms with Gasteiger partial charge < -0.3 is 15.3 Å². The molecule has 0 atom stereocenters. The van der Waals surface area contributed by atoms with E-state index >= 15 is 0 Å². The predicted molar refractivity (Wildman–Crippen MR) is 69.9 cm³/mol. The van der Waals surface area contributed by atoms with E-state index < -0.39 is 16.0 Å². The fourth-order valence-corrected chi connectivity index (χ4v) is 2.55. The van der Waals surface area contributed by atoms with Crippen LogP contribution in [0.2, 0.25) is 0 Å². The first-order valence-corrected chi connectivity index (χ1v) is 6.85. The number of rotatable bonds is 4. The van der Waals surface area contributed by atoms with Crippen LogP contribution in [-0.2, 0) is 10.0 Å². The second-order valence-corrected chi connectivity index (χ2v) is 5.61. The number of nitrogens with one attached hydrogen (secondary N) is 1. The summed E-state index contributed by atoms with van der Waals surface area (Å²) in [6.45, 7) is 1.64. The summed E-state index contributed by atoms with van der Waals surface area (Å²) in [6, 6.07) is 3.13. The Bertz CT molecular complexity index is 766. The zero-order chi connectivity index (χ0) is 14.9. The van der Waals surface area contributed by atoms with Gasteiger partial charge in [-0.25, -0.2) is 17.9 Å². The van der Waals surface area contributed by atoms with Gasteiger partial charge in [-0.15, -0.1) is 0 Å². The molecule has 0 radical (unpaired) electrons. The highest BCUT2D eigenvalue weighted by atomic mass is 32.2. The maximum atomic E-state index is 12.1. The third-order valence-corrected chi connectivity index (χ3v) is 3.78. The number of carbonyl (C=O) groups is 1. The predicted octanol–water partition coefficient (Wildman–Crippen LogP) is 1.06. The van der Waals surface area contributed by atoms with Crippen LogP contribution in [-0.4, -0.2) is 24.5 Å². The normalized spacial score (nSPS) is 11.2. The number of aromatic nitrogens is 1. The molecule has 2 rings (SSSR count). The summed E-state index contributed by atoms with van der Waals surface area (Å²) in [5, 5.41) is 8.80. The van der Waals surface area contributed by atoms with Crippen LogP contribution in [0.3, 0.4) is 0 Å². The Hall–Kier alpha value is -2.55. The van der Waals surface area contributed by atoms with Gasteiger partial charge in [0.15, 0.2) is 0 Å². The van der Waals surface area contributed by atoms with E-state index in [9.17, 15) is 13.2 Å². The van der Waals surface area contributed by atoms with Crippen molar-refractivity contribution in [3.63, 3.8) is 0 Å². The number of hydrogen-bond acceptors (Lipinski definition) is 6. The molecule has 0 saturated heterocycles. The lowest BCUT2D eigenvalue weighted by molar-refractivity contribution is 0.0697. The van der Waals surface area contributed by atoms with Gasteiger partial charge in [0.2, 0.25) is 0 Å². The Labute approximate surface area is 114 Å². The van der Waals surface area contributed by atoms with Crippen LogP contribution in [0.5, 0.6) is 0 Å². The fraction of sp³-hybridized carbons (Fsp3) is 0.0909. The molecule has 1 heterocycles. The third kappa shape index (κ3) is 2.72. The molecule has 2 aromatic rings. The molecule has 106 valence electrons. The Kier molecular flexibility index (Phi) is 3.36. The molecule has 0 amide bonds. The molecule has 9 heteroatoms. The first kappa shape index (κ1) is 13.9. The highest BCUT2D eigenvalue weighted by molar-refractivity contribution is 7.92. The van der Waals surface area contributed by atoms with Crippen molar-refractivity contribution in [2.24, 2.45) is 0 Å². The van der Waals surface area contributed by atoms with Gasteiger partial charge in [-0.05, 0) is 25.1 Å². The number of hydrogen-bond donors (Lipinski definition) is 3. The number of carboxylic acid groups (broad SMARTS) is 1.